The fourth-order valence-electron chi connectivity index (χ4n) is 3.92. The number of fused-ring (bicyclic) bond motifs is 1. The van der Waals surface area contributed by atoms with E-state index in [1.54, 1.807) is 53.6 Å². The molecule has 1 aliphatic rings. The molecule has 1 aromatic heterocycles. The van der Waals surface area contributed by atoms with Crippen molar-refractivity contribution >= 4 is 57.5 Å². The van der Waals surface area contributed by atoms with Crippen molar-refractivity contribution < 1.29 is 19.2 Å². The van der Waals surface area contributed by atoms with Crippen LogP contribution in [0.4, 0.5) is 11.4 Å². The van der Waals surface area contributed by atoms with Gasteiger partial charge < -0.3 is 26.3 Å². The lowest BCUT2D eigenvalue weighted by Crippen LogP contribution is -2.46. The first kappa shape index (κ1) is 23.3. The zero-order valence-electron chi connectivity index (χ0n) is 18.3. The minimum atomic E-state index is -1.17. The zero-order chi connectivity index (χ0) is 24.2. The molecule has 2 aromatic carbocycles. The van der Waals surface area contributed by atoms with Crippen LogP contribution in [-0.2, 0) is 14.4 Å². The van der Waals surface area contributed by atoms with Crippen molar-refractivity contribution in [1.82, 2.24) is 10.3 Å². The summed E-state index contributed by atoms with van der Waals surface area (Å²) in [5.74, 6) is -1.77. The average Bonchev–Trinajstić information content (AvgIpc) is 3.19. The van der Waals surface area contributed by atoms with Crippen molar-refractivity contribution in [2.24, 2.45) is 5.73 Å². The number of nitrogens with two attached hydrogens (primary N) is 1. The molecule has 0 radical (unpaired) electrons. The molecular weight excluding hydrogens is 458 g/mol. The number of hydrogen-bond acceptors (Lipinski definition) is 4. The van der Waals surface area contributed by atoms with E-state index in [0.717, 1.165) is 23.9 Å². The summed E-state index contributed by atoms with van der Waals surface area (Å²) in [5.41, 5.74) is 7.48. The van der Waals surface area contributed by atoms with E-state index < -0.39 is 23.8 Å². The Morgan fingerprint density at radius 2 is 1.88 bits per heavy atom. The van der Waals surface area contributed by atoms with Crippen LogP contribution < -0.4 is 21.3 Å². The number of nitrogens with one attached hydrogen (secondary N) is 3. The van der Waals surface area contributed by atoms with Gasteiger partial charge in [-0.15, -0.1) is 0 Å². The van der Waals surface area contributed by atoms with E-state index in [0.29, 0.717) is 34.8 Å². The zero-order valence-corrected chi connectivity index (χ0v) is 19.0. The van der Waals surface area contributed by atoms with E-state index in [-0.39, 0.29) is 12.3 Å². The molecule has 3 aromatic rings. The summed E-state index contributed by atoms with van der Waals surface area (Å²) < 4.78 is 0. The molecule has 5 N–H and O–H groups in total. The number of amides is 4. The predicted octanol–water partition coefficient (Wildman–Crippen LogP) is 2.95. The summed E-state index contributed by atoms with van der Waals surface area (Å²) in [5, 5.41) is 6.56. The molecular formula is C24H24ClN5O4. The Labute approximate surface area is 200 Å². The van der Waals surface area contributed by atoms with Gasteiger partial charge in [0.1, 0.15) is 6.04 Å². The largest absolute Gasteiger partial charge is 0.370 e. The summed E-state index contributed by atoms with van der Waals surface area (Å²) in [6, 6.07) is 10.5. The minimum Gasteiger partial charge on any atom is -0.370 e. The number of carbonyl (C=O) groups excluding carboxylic acids is 4. The summed E-state index contributed by atoms with van der Waals surface area (Å²) in [6.07, 6.45) is 3.61. The number of primary amides is 1. The highest BCUT2D eigenvalue weighted by Gasteiger charge is 2.24. The van der Waals surface area contributed by atoms with Gasteiger partial charge in [-0.3, -0.25) is 19.2 Å². The smallest absolute Gasteiger partial charge is 0.252 e. The molecule has 0 aliphatic carbocycles. The average molecular weight is 482 g/mol. The number of hydrogen-bond donors (Lipinski definition) is 4. The van der Waals surface area contributed by atoms with Crippen molar-refractivity contribution in [3.63, 3.8) is 0 Å². The van der Waals surface area contributed by atoms with Gasteiger partial charge in [0.05, 0.1) is 11.4 Å². The number of aromatic amines is 1. The first-order valence-electron chi connectivity index (χ1n) is 10.9. The molecule has 0 saturated carbocycles. The Kier molecular flexibility index (Phi) is 6.83. The highest BCUT2D eigenvalue weighted by Crippen LogP contribution is 2.24. The van der Waals surface area contributed by atoms with Gasteiger partial charge in [0.2, 0.25) is 17.7 Å². The summed E-state index contributed by atoms with van der Waals surface area (Å²) in [6.45, 7) is 0.664. The molecule has 9 nitrogen and oxygen atoms in total. The lowest BCUT2D eigenvalue weighted by atomic mass is 10.1. The topological polar surface area (TPSA) is 137 Å². The van der Waals surface area contributed by atoms with E-state index in [2.05, 4.69) is 15.6 Å². The normalized spacial score (nSPS) is 14.6. The van der Waals surface area contributed by atoms with Gasteiger partial charge in [-0.1, -0.05) is 17.7 Å². The number of piperidine rings is 1. The van der Waals surface area contributed by atoms with E-state index in [9.17, 15) is 19.2 Å². The molecule has 34 heavy (non-hydrogen) atoms. The third-order valence-electron chi connectivity index (χ3n) is 5.69. The van der Waals surface area contributed by atoms with Gasteiger partial charge in [-0.05, 0) is 49.2 Å². The Hall–Kier alpha value is -3.85. The number of nitrogens with zero attached hydrogens (tertiary/aromatic N) is 1. The predicted molar refractivity (Wildman–Crippen MR) is 130 cm³/mol. The molecule has 1 saturated heterocycles. The molecule has 0 spiro atoms. The molecule has 4 amide bonds. The second-order valence-corrected chi connectivity index (χ2v) is 8.54. The third kappa shape index (κ3) is 5.20. The van der Waals surface area contributed by atoms with Gasteiger partial charge in [0.15, 0.2) is 0 Å². The molecule has 1 aliphatic heterocycles. The fourth-order valence-corrected chi connectivity index (χ4v) is 4.14. The second-order valence-electron chi connectivity index (χ2n) is 8.13. The van der Waals surface area contributed by atoms with Crippen LogP contribution in [0.25, 0.3) is 10.9 Å². The lowest BCUT2D eigenvalue weighted by Gasteiger charge is -2.27. The van der Waals surface area contributed by atoms with Crippen LogP contribution in [-0.4, -0.2) is 41.2 Å². The molecule has 1 fully saturated rings. The van der Waals surface area contributed by atoms with Crippen LogP contribution >= 0.6 is 11.6 Å². The highest BCUT2D eigenvalue weighted by molar-refractivity contribution is 6.35. The Morgan fingerprint density at radius 1 is 1.12 bits per heavy atom. The minimum absolute atomic E-state index is 0.0760. The van der Waals surface area contributed by atoms with Crippen LogP contribution in [0, 0.1) is 0 Å². The molecule has 176 valence electrons. The fraction of sp³-hybridized carbons (Fsp3) is 0.250. The van der Waals surface area contributed by atoms with Gasteiger partial charge >= 0.3 is 0 Å². The number of H-pyrrole nitrogens is 1. The molecule has 4 rings (SSSR count). The van der Waals surface area contributed by atoms with Gasteiger partial charge in [0.25, 0.3) is 5.91 Å². The standard InChI is InChI=1S/C24H24ClN5O4/c25-18-13-27-19-11-14(4-9-17(18)19)23(33)29-20(12-21(26)31)24(34)28-15-5-7-16(8-6-15)30-10-2-1-3-22(30)32/h4-9,11,13,20,27H,1-3,10,12H2,(H2,26,31)(H,28,34)(H,29,33)/t20-/m0/s1. The first-order chi connectivity index (χ1) is 16.3. The number of rotatable bonds is 7. The Bertz CT molecular complexity index is 1250. The van der Waals surface area contributed by atoms with Gasteiger partial charge in [-0.25, -0.2) is 0 Å². The van der Waals surface area contributed by atoms with Crippen molar-refractivity contribution in [2.45, 2.75) is 31.7 Å². The van der Waals surface area contributed by atoms with E-state index >= 15 is 0 Å². The maximum Gasteiger partial charge on any atom is 0.252 e. The van der Waals surface area contributed by atoms with Crippen molar-refractivity contribution in [3.8, 4) is 0 Å². The van der Waals surface area contributed by atoms with Crippen molar-refractivity contribution in [2.75, 3.05) is 16.8 Å². The number of benzene rings is 2. The molecule has 0 unspecified atom stereocenters. The number of anilines is 2. The summed E-state index contributed by atoms with van der Waals surface area (Å²) >= 11 is 6.07. The number of aromatic nitrogens is 1. The summed E-state index contributed by atoms with van der Waals surface area (Å²) in [4.78, 5) is 54.0. The van der Waals surface area contributed by atoms with E-state index in [4.69, 9.17) is 17.3 Å². The van der Waals surface area contributed by atoms with Gasteiger partial charge in [-0.2, -0.15) is 0 Å². The van der Waals surface area contributed by atoms with Gasteiger partial charge in [0, 0.05) is 47.0 Å². The monoisotopic (exact) mass is 481 g/mol. The van der Waals surface area contributed by atoms with Crippen LogP contribution in [0.2, 0.25) is 5.02 Å². The maximum absolute atomic E-state index is 12.8. The second kappa shape index (κ2) is 9.96. The van der Waals surface area contributed by atoms with Crippen LogP contribution in [0.5, 0.6) is 0 Å². The third-order valence-corrected chi connectivity index (χ3v) is 6.00. The highest BCUT2D eigenvalue weighted by atomic mass is 35.5. The number of carbonyl (C=O) groups is 4. The molecule has 2 heterocycles. The van der Waals surface area contributed by atoms with Crippen LogP contribution in [0.1, 0.15) is 36.0 Å². The summed E-state index contributed by atoms with van der Waals surface area (Å²) in [7, 11) is 0. The molecule has 0 bridgehead atoms. The lowest BCUT2D eigenvalue weighted by molar-refractivity contribution is -0.123. The van der Waals surface area contributed by atoms with E-state index in [1.165, 1.54) is 0 Å². The first-order valence-corrected chi connectivity index (χ1v) is 11.3. The Morgan fingerprint density at radius 3 is 2.59 bits per heavy atom. The molecule has 1 atom stereocenters. The maximum atomic E-state index is 12.8. The van der Waals surface area contributed by atoms with Crippen LogP contribution in [0.3, 0.4) is 0 Å². The molecule has 10 heteroatoms. The SMILES string of the molecule is NC(=O)C[C@H](NC(=O)c1ccc2c(Cl)c[nH]c2c1)C(=O)Nc1ccc(N2CCCCC2=O)cc1. The van der Waals surface area contributed by atoms with Crippen molar-refractivity contribution in [1.29, 1.82) is 0 Å². The quantitative estimate of drug-likeness (QED) is 0.412. The van der Waals surface area contributed by atoms with Crippen LogP contribution in [0.15, 0.2) is 48.7 Å². The number of halogens is 1. The Balaban J connectivity index is 1.45. The van der Waals surface area contributed by atoms with Crippen molar-refractivity contribution in [3.05, 3.63) is 59.2 Å². The van der Waals surface area contributed by atoms with E-state index in [1.807, 2.05) is 0 Å².